The largest absolute Gasteiger partial charge is 0.396 e. The van der Waals surface area contributed by atoms with Crippen molar-refractivity contribution in [1.82, 2.24) is 4.72 Å². The minimum Gasteiger partial charge on any atom is -0.396 e. The number of benzene rings is 1. The van der Waals surface area contributed by atoms with E-state index in [9.17, 15) is 12.8 Å². The molecule has 0 saturated heterocycles. The smallest absolute Gasteiger partial charge is 0.216 e. The Kier molecular flexibility index (Phi) is 5.25. The summed E-state index contributed by atoms with van der Waals surface area (Å²) >= 11 is 0. The van der Waals surface area contributed by atoms with Crippen LogP contribution in [0, 0.1) is 11.7 Å². The molecule has 2 N–H and O–H groups in total. The van der Waals surface area contributed by atoms with Gasteiger partial charge in [-0.2, -0.15) is 0 Å². The highest BCUT2D eigenvalue weighted by atomic mass is 32.2. The third-order valence-electron chi connectivity index (χ3n) is 2.81. The highest BCUT2D eigenvalue weighted by Crippen LogP contribution is 2.11. The zero-order valence-electron chi connectivity index (χ0n) is 10.4. The second-order valence-electron chi connectivity index (χ2n) is 4.42. The van der Waals surface area contributed by atoms with Crippen molar-refractivity contribution in [1.29, 1.82) is 0 Å². The monoisotopic (exact) mass is 275 g/mol. The number of rotatable bonds is 6. The minimum absolute atomic E-state index is 0.108. The third kappa shape index (κ3) is 4.36. The molecule has 0 saturated carbocycles. The molecular formula is C12H18FNO3S. The predicted octanol–water partition coefficient (Wildman–Crippen LogP) is 1.26. The molecule has 1 rings (SSSR count). The van der Waals surface area contributed by atoms with Crippen molar-refractivity contribution in [3.05, 3.63) is 35.6 Å². The fourth-order valence-corrected chi connectivity index (χ4v) is 2.94. The van der Waals surface area contributed by atoms with E-state index in [1.165, 1.54) is 18.2 Å². The SMILES string of the molecule is CC(CO)C(C)NS(=O)(=O)Cc1ccccc1F. The van der Waals surface area contributed by atoms with Gasteiger partial charge in [0.2, 0.25) is 10.0 Å². The van der Waals surface area contributed by atoms with Crippen molar-refractivity contribution in [2.45, 2.75) is 25.6 Å². The Morgan fingerprint density at radius 3 is 2.50 bits per heavy atom. The predicted molar refractivity (Wildman–Crippen MR) is 67.9 cm³/mol. The van der Waals surface area contributed by atoms with E-state index in [1.807, 2.05) is 0 Å². The second kappa shape index (κ2) is 6.26. The van der Waals surface area contributed by atoms with Gasteiger partial charge in [-0.15, -0.1) is 0 Å². The molecule has 0 radical (unpaired) electrons. The first-order chi connectivity index (χ1) is 8.35. The van der Waals surface area contributed by atoms with E-state index in [4.69, 9.17) is 5.11 Å². The van der Waals surface area contributed by atoms with E-state index in [2.05, 4.69) is 4.72 Å². The molecule has 0 aliphatic rings. The molecule has 0 spiro atoms. The van der Waals surface area contributed by atoms with Gasteiger partial charge in [0, 0.05) is 18.2 Å². The van der Waals surface area contributed by atoms with Gasteiger partial charge in [-0.1, -0.05) is 25.1 Å². The Morgan fingerprint density at radius 1 is 1.33 bits per heavy atom. The summed E-state index contributed by atoms with van der Waals surface area (Å²) in [6, 6.07) is 5.37. The van der Waals surface area contributed by atoms with Crippen LogP contribution in [0.1, 0.15) is 19.4 Å². The fraction of sp³-hybridized carbons (Fsp3) is 0.500. The van der Waals surface area contributed by atoms with Crippen molar-refractivity contribution >= 4 is 10.0 Å². The van der Waals surface area contributed by atoms with Crippen LogP contribution in [0.5, 0.6) is 0 Å². The van der Waals surface area contributed by atoms with E-state index < -0.39 is 27.6 Å². The number of aliphatic hydroxyl groups excluding tert-OH is 1. The van der Waals surface area contributed by atoms with Gasteiger partial charge in [0.25, 0.3) is 0 Å². The second-order valence-corrected chi connectivity index (χ2v) is 6.17. The van der Waals surface area contributed by atoms with Crippen molar-refractivity contribution < 1.29 is 17.9 Å². The van der Waals surface area contributed by atoms with Crippen LogP contribution in [0.3, 0.4) is 0 Å². The highest BCUT2D eigenvalue weighted by Gasteiger charge is 2.20. The van der Waals surface area contributed by atoms with Gasteiger partial charge in [0.05, 0.1) is 5.75 Å². The topological polar surface area (TPSA) is 66.4 Å². The Morgan fingerprint density at radius 2 is 1.94 bits per heavy atom. The average molecular weight is 275 g/mol. The molecular weight excluding hydrogens is 257 g/mol. The molecule has 0 heterocycles. The van der Waals surface area contributed by atoms with Crippen LogP contribution in [-0.2, 0) is 15.8 Å². The molecule has 0 bridgehead atoms. The molecule has 0 amide bonds. The summed E-state index contributed by atoms with van der Waals surface area (Å²) in [5.41, 5.74) is 0.133. The normalized spacial score (nSPS) is 15.3. The summed E-state index contributed by atoms with van der Waals surface area (Å²) in [6.45, 7) is 3.29. The molecule has 2 atom stereocenters. The number of hydrogen-bond donors (Lipinski definition) is 2. The number of halogens is 1. The van der Waals surface area contributed by atoms with Crippen molar-refractivity contribution in [3.8, 4) is 0 Å². The molecule has 0 fully saturated rings. The molecule has 0 aliphatic carbocycles. The summed E-state index contributed by atoms with van der Waals surface area (Å²) in [7, 11) is -3.61. The summed E-state index contributed by atoms with van der Waals surface area (Å²) < 4.78 is 39.4. The lowest BCUT2D eigenvalue weighted by Crippen LogP contribution is -2.39. The van der Waals surface area contributed by atoms with E-state index in [-0.39, 0.29) is 18.1 Å². The Bertz CT molecular complexity index is 490. The molecule has 0 aliphatic heterocycles. The van der Waals surface area contributed by atoms with Gasteiger partial charge in [-0.25, -0.2) is 17.5 Å². The molecule has 6 heteroatoms. The highest BCUT2D eigenvalue weighted by molar-refractivity contribution is 7.88. The van der Waals surface area contributed by atoms with Gasteiger partial charge in [0.15, 0.2) is 0 Å². The van der Waals surface area contributed by atoms with Gasteiger partial charge >= 0.3 is 0 Å². The van der Waals surface area contributed by atoms with E-state index in [0.717, 1.165) is 0 Å². The summed E-state index contributed by atoms with van der Waals surface area (Å²) in [4.78, 5) is 0. The number of nitrogens with one attached hydrogen (secondary N) is 1. The Balaban J connectivity index is 2.74. The Hall–Kier alpha value is -0.980. The van der Waals surface area contributed by atoms with Crippen LogP contribution in [0.25, 0.3) is 0 Å². The molecule has 1 aromatic rings. The Labute approximate surface area is 107 Å². The maximum atomic E-state index is 13.3. The first kappa shape index (κ1) is 15.1. The quantitative estimate of drug-likeness (QED) is 0.821. The summed E-state index contributed by atoms with van der Waals surface area (Å²) in [6.07, 6.45) is 0. The van der Waals surface area contributed by atoms with Crippen LogP contribution >= 0.6 is 0 Å². The maximum absolute atomic E-state index is 13.3. The molecule has 1 aromatic carbocycles. The maximum Gasteiger partial charge on any atom is 0.216 e. The summed E-state index contributed by atoms with van der Waals surface area (Å²) in [5, 5.41) is 8.94. The van der Waals surface area contributed by atoms with Gasteiger partial charge in [-0.05, 0) is 18.9 Å². The van der Waals surface area contributed by atoms with Crippen LogP contribution < -0.4 is 4.72 Å². The first-order valence-electron chi connectivity index (χ1n) is 5.70. The number of sulfonamides is 1. The van der Waals surface area contributed by atoms with Gasteiger partial charge in [0.1, 0.15) is 5.82 Å². The van der Waals surface area contributed by atoms with Crippen LogP contribution in [0.15, 0.2) is 24.3 Å². The van der Waals surface area contributed by atoms with Crippen LogP contribution in [-0.4, -0.2) is 26.2 Å². The number of hydrogen-bond acceptors (Lipinski definition) is 3. The lowest BCUT2D eigenvalue weighted by atomic mass is 10.1. The van der Waals surface area contributed by atoms with Crippen molar-refractivity contribution in [2.75, 3.05) is 6.61 Å². The van der Waals surface area contributed by atoms with E-state index in [1.54, 1.807) is 19.9 Å². The minimum atomic E-state index is -3.61. The van der Waals surface area contributed by atoms with Gasteiger partial charge < -0.3 is 5.11 Å². The van der Waals surface area contributed by atoms with Gasteiger partial charge in [-0.3, -0.25) is 0 Å². The van der Waals surface area contributed by atoms with Crippen LogP contribution in [0.4, 0.5) is 4.39 Å². The molecule has 18 heavy (non-hydrogen) atoms. The zero-order valence-corrected chi connectivity index (χ0v) is 11.2. The van der Waals surface area contributed by atoms with Crippen molar-refractivity contribution in [2.24, 2.45) is 5.92 Å². The lowest BCUT2D eigenvalue weighted by molar-refractivity contribution is 0.216. The first-order valence-corrected chi connectivity index (χ1v) is 7.35. The fourth-order valence-electron chi connectivity index (χ4n) is 1.42. The van der Waals surface area contributed by atoms with Crippen LogP contribution in [0.2, 0.25) is 0 Å². The number of aliphatic hydroxyl groups is 1. The average Bonchev–Trinajstić information content (AvgIpc) is 2.30. The molecule has 4 nitrogen and oxygen atoms in total. The van der Waals surface area contributed by atoms with Crippen molar-refractivity contribution in [3.63, 3.8) is 0 Å². The molecule has 102 valence electrons. The summed E-state index contributed by atoms with van der Waals surface area (Å²) in [5.74, 6) is -1.13. The third-order valence-corrected chi connectivity index (χ3v) is 4.23. The lowest BCUT2D eigenvalue weighted by Gasteiger charge is -2.19. The van der Waals surface area contributed by atoms with E-state index in [0.29, 0.717) is 0 Å². The zero-order chi connectivity index (χ0) is 13.8. The van der Waals surface area contributed by atoms with E-state index >= 15 is 0 Å². The standard InChI is InChI=1S/C12H18FNO3S/c1-9(7-15)10(2)14-18(16,17)8-11-5-3-4-6-12(11)13/h3-6,9-10,14-15H,7-8H2,1-2H3. The molecule has 2 unspecified atom stereocenters. The molecule has 0 aromatic heterocycles.